The fourth-order valence-electron chi connectivity index (χ4n) is 1.54. The lowest BCUT2D eigenvalue weighted by Gasteiger charge is -2.13. The van der Waals surface area contributed by atoms with Crippen LogP contribution in [0.4, 0.5) is 0 Å². The lowest BCUT2D eigenvalue weighted by molar-refractivity contribution is -0.136. The first-order valence-corrected chi connectivity index (χ1v) is 6.71. The van der Waals surface area contributed by atoms with Crippen LogP contribution < -0.4 is 4.74 Å². The Balaban J connectivity index is 2.56. The van der Waals surface area contributed by atoms with Crippen LogP contribution in [0, 0.1) is 0 Å². The molecule has 0 radical (unpaired) electrons. The molecule has 0 aliphatic carbocycles. The van der Waals surface area contributed by atoms with E-state index in [9.17, 15) is 4.79 Å². The first-order valence-electron chi connectivity index (χ1n) is 5.18. The van der Waals surface area contributed by atoms with Gasteiger partial charge in [-0.05, 0) is 28.7 Å². The van der Waals surface area contributed by atoms with Gasteiger partial charge in [0.05, 0.1) is 19.9 Å². The zero-order valence-electron chi connectivity index (χ0n) is 10.1. The van der Waals surface area contributed by atoms with Crippen LogP contribution in [0.2, 0.25) is 0 Å². The Hall–Kier alpha value is -1.16. The van der Waals surface area contributed by atoms with Gasteiger partial charge in [0.15, 0.2) is 0 Å². The standard InChI is InChI=1S/C11H10IN3O3S/c1-17-7-5-3-4-6(13-7)9-8(10(16)18-2)11(12,19)15-14-9/h3-5,19H,1-2H3. The highest BCUT2D eigenvalue weighted by Gasteiger charge is 2.41. The average Bonchev–Trinajstić information content (AvgIpc) is 2.73. The normalized spacial score (nSPS) is 21.7. The molecule has 19 heavy (non-hydrogen) atoms. The molecule has 1 aliphatic heterocycles. The van der Waals surface area contributed by atoms with E-state index in [1.165, 1.54) is 14.2 Å². The molecule has 2 heterocycles. The third-order valence-electron chi connectivity index (χ3n) is 2.40. The highest BCUT2D eigenvalue weighted by Crippen LogP contribution is 2.44. The summed E-state index contributed by atoms with van der Waals surface area (Å²) >= 11 is 6.22. The van der Waals surface area contributed by atoms with E-state index in [0.29, 0.717) is 17.3 Å². The van der Waals surface area contributed by atoms with Crippen molar-refractivity contribution in [2.75, 3.05) is 14.2 Å². The monoisotopic (exact) mass is 391 g/mol. The number of nitrogens with zero attached hydrogens (tertiary/aromatic N) is 3. The van der Waals surface area contributed by atoms with Gasteiger partial charge >= 0.3 is 5.97 Å². The highest BCUT2D eigenvalue weighted by molar-refractivity contribution is 14.1. The number of carbonyl (C=O) groups is 1. The third kappa shape index (κ3) is 2.73. The topological polar surface area (TPSA) is 73.1 Å². The summed E-state index contributed by atoms with van der Waals surface area (Å²) in [6, 6.07) is 5.17. The van der Waals surface area contributed by atoms with Gasteiger partial charge in [0.1, 0.15) is 11.3 Å². The minimum atomic E-state index is -1.05. The Kier molecular flexibility index (Phi) is 4.09. The predicted molar refractivity (Wildman–Crippen MR) is 80.3 cm³/mol. The Morgan fingerprint density at radius 3 is 2.79 bits per heavy atom. The van der Waals surface area contributed by atoms with E-state index in [2.05, 4.69) is 27.8 Å². The quantitative estimate of drug-likeness (QED) is 0.283. The Labute approximate surface area is 128 Å². The number of rotatable bonds is 3. The summed E-state index contributed by atoms with van der Waals surface area (Å²) in [5.74, 6) is -0.108. The summed E-state index contributed by atoms with van der Waals surface area (Å²) in [5.41, 5.74) is 1.07. The van der Waals surface area contributed by atoms with Crippen LogP contribution >= 0.6 is 35.2 Å². The number of carbonyl (C=O) groups excluding carboxylic acids is 1. The third-order valence-corrected chi connectivity index (χ3v) is 3.47. The van der Waals surface area contributed by atoms with E-state index in [1.807, 2.05) is 22.6 Å². The molecular weight excluding hydrogens is 381 g/mol. The number of hydrogen-bond acceptors (Lipinski definition) is 7. The molecule has 100 valence electrons. The number of azo groups is 1. The van der Waals surface area contributed by atoms with Crippen LogP contribution in [-0.4, -0.2) is 28.1 Å². The van der Waals surface area contributed by atoms with E-state index in [0.717, 1.165) is 0 Å². The molecule has 1 aromatic rings. The fourth-order valence-corrected chi connectivity index (χ4v) is 2.36. The highest BCUT2D eigenvalue weighted by atomic mass is 127. The summed E-state index contributed by atoms with van der Waals surface area (Å²) in [7, 11) is 2.81. The van der Waals surface area contributed by atoms with Gasteiger partial charge < -0.3 is 9.47 Å². The van der Waals surface area contributed by atoms with Crippen LogP contribution in [0.15, 0.2) is 34.0 Å². The molecule has 0 saturated heterocycles. The van der Waals surface area contributed by atoms with Gasteiger partial charge in [-0.3, -0.25) is 0 Å². The minimum Gasteiger partial charge on any atom is -0.481 e. The predicted octanol–water partition coefficient (Wildman–Crippen LogP) is 2.46. The molecule has 8 heteroatoms. The van der Waals surface area contributed by atoms with Crippen molar-refractivity contribution < 1.29 is 14.3 Å². The van der Waals surface area contributed by atoms with Gasteiger partial charge in [0.2, 0.25) is 8.76 Å². The maximum atomic E-state index is 11.9. The molecule has 0 fully saturated rings. The first-order chi connectivity index (χ1) is 8.99. The number of thiol groups is 1. The average molecular weight is 391 g/mol. The molecule has 0 N–H and O–H groups in total. The van der Waals surface area contributed by atoms with Crippen molar-refractivity contribution in [1.29, 1.82) is 0 Å². The molecule has 0 spiro atoms. The van der Waals surface area contributed by atoms with Crippen molar-refractivity contribution in [3.8, 4) is 5.88 Å². The molecule has 1 aromatic heterocycles. The second-order valence-corrected chi connectivity index (χ2v) is 6.63. The van der Waals surface area contributed by atoms with Crippen molar-refractivity contribution in [3.05, 3.63) is 29.5 Å². The summed E-state index contributed by atoms with van der Waals surface area (Å²) in [6.45, 7) is 0. The van der Waals surface area contributed by atoms with Gasteiger partial charge in [0, 0.05) is 6.07 Å². The van der Waals surface area contributed by atoms with Crippen molar-refractivity contribution >= 4 is 46.9 Å². The number of aromatic nitrogens is 1. The van der Waals surface area contributed by atoms with Crippen LogP contribution in [-0.2, 0) is 9.53 Å². The lowest BCUT2D eigenvalue weighted by atomic mass is 10.1. The van der Waals surface area contributed by atoms with E-state index in [1.54, 1.807) is 18.2 Å². The molecule has 1 atom stereocenters. The first kappa shape index (κ1) is 14.3. The number of hydrogen-bond donors (Lipinski definition) is 1. The number of methoxy groups -OCH3 is 2. The number of pyridine rings is 1. The minimum absolute atomic E-state index is 0.250. The van der Waals surface area contributed by atoms with Crippen molar-refractivity contribution in [2.24, 2.45) is 10.2 Å². The molecule has 0 aromatic carbocycles. The maximum Gasteiger partial charge on any atom is 0.340 e. The second-order valence-electron chi connectivity index (χ2n) is 3.57. The van der Waals surface area contributed by atoms with E-state index >= 15 is 0 Å². The molecular formula is C11H10IN3O3S. The van der Waals surface area contributed by atoms with E-state index in [-0.39, 0.29) is 5.57 Å². The number of alkyl halides is 1. The largest absolute Gasteiger partial charge is 0.481 e. The molecule has 0 saturated carbocycles. The van der Waals surface area contributed by atoms with Gasteiger partial charge in [-0.25, -0.2) is 9.78 Å². The zero-order chi connectivity index (χ0) is 14.0. The van der Waals surface area contributed by atoms with Gasteiger partial charge in [-0.2, -0.15) is 10.2 Å². The van der Waals surface area contributed by atoms with Crippen molar-refractivity contribution in [2.45, 2.75) is 2.88 Å². The Morgan fingerprint density at radius 1 is 1.42 bits per heavy atom. The molecule has 6 nitrogen and oxygen atoms in total. The van der Waals surface area contributed by atoms with Gasteiger partial charge in [-0.1, -0.05) is 6.07 Å². The van der Waals surface area contributed by atoms with Gasteiger partial charge in [-0.15, -0.1) is 12.6 Å². The second kappa shape index (κ2) is 5.45. The summed E-state index contributed by atoms with van der Waals surface area (Å²) in [4.78, 5) is 16.1. The summed E-state index contributed by atoms with van der Waals surface area (Å²) < 4.78 is 8.74. The summed E-state index contributed by atoms with van der Waals surface area (Å²) in [5, 5.41) is 7.94. The van der Waals surface area contributed by atoms with Crippen LogP contribution in [0.1, 0.15) is 5.69 Å². The lowest BCUT2D eigenvalue weighted by Crippen LogP contribution is -2.19. The molecule has 1 aliphatic rings. The van der Waals surface area contributed by atoms with Gasteiger partial charge in [0.25, 0.3) is 0 Å². The van der Waals surface area contributed by atoms with Crippen LogP contribution in [0.3, 0.4) is 0 Å². The van der Waals surface area contributed by atoms with Crippen molar-refractivity contribution in [3.63, 3.8) is 0 Å². The smallest absolute Gasteiger partial charge is 0.340 e. The Bertz CT molecular complexity index is 586. The van der Waals surface area contributed by atoms with Crippen molar-refractivity contribution in [1.82, 2.24) is 4.98 Å². The fraction of sp³-hybridized carbons (Fsp3) is 0.273. The zero-order valence-corrected chi connectivity index (χ0v) is 13.2. The number of ether oxygens (including phenoxy) is 2. The van der Waals surface area contributed by atoms with Crippen LogP contribution in [0.5, 0.6) is 5.88 Å². The maximum absolute atomic E-state index is 11.9. The number of halogens is 1. The Morgan fingerprint density at radius 2 is 2.16 bits per heavy atom. The van der Waals surface area contributed by atoms with E-state index < -0.39 is 8.85 Å². The van der Waals surface area contributed by atoms with Crippen LogP contribution in [0.25, 0.3) is 5.70 Å². The molecule has 2 rings (SSSR count). The SMILES string of the molecule is COC(=O)C1=C(c2cccc(OC)n2)N=NC1(S)I. The number of esters is 1. The summed E-state index contributed by atoms with van der Waals surface area (Å²) in [6.07, 6.45) is 0. The van der Waals surface area contributed by atoms with E-state index in [4.69, 9.17) is 9.47 Å². The molecule has 0 bridgehead atoms. The molecule has 1 unspecified atom stereocenters. The molecule has 0 amide bonds.